The fraction of sp³-hybridized carbons (Fsp3) is 0.261. The Balaban J connectivity index is 1.73. The standard InChI is InChI=1S/C23H26N4O3S/c1-5-15-6-10-17(11-7-15)24-22(29)25-18-12-8-16(9-13-18)20-19(21(28)30-4)14(2)27(3)23(31)26-20/h6-13,20H,5H2,1-4H3,(H,26,31)(H2,24,25,29)/t20-/m0/s1. The Labute approximate surface area is 187 Å². The number of methoxy groups -OCH3 is 1. The maximum atomic E-state index is 12.4. The number of ether oxygens (including phenoxy) is 1. The van der Waals surface area contributed by atoms with Gasteiger partial charge in [0, 0.05) is 24.1 Å². The van der Waals surface area contributed by atoms with Crippen LogP contribution in [-0.2, 0) is 16.0 Å². The number of carbonyl (C=O) groups is 2. The van der Waals surface area contributed by atoms with Gasteiger partial charge in [0.2, 0.25) is 0 Å². The van der Waals surface area contributed by atoms with Gasteiger partial charge in [-0.05, 0) is 61.0 Å². The van der Waals surface area contributed by atoms with Gasteiger partial charge in [0.15, 0.2) is 5.11 Å². The minimum Gasteiger partial charge on any atom is -0.466 e. The van der Waals surface area contributed by atoms with Gasteiger partial charge in [0.25, 0.3) is 0 Å². The van der Waals surface area contributed by atoms with Gasteiger partial charge in [-0.3, -0.25) is 0 Å². The predicted octanol–water partition coefficient (Wildman–Crippen LogP) is 4.20. The molecule has 0 radical (unpaired) electrons. The van der Waals surface area contributed by atoms with Crippen molar-refractivity contribution < 1.29 is 14.3 Å². The fourth-order valence-electron chi connectivity index (χ4n) is 3.34. The van der Waals surface area contributed by atoms with E-state index in [4.69, 9.17) is 17.0 Å². The number of nitrogens with one attached hydrogen (secondary N) is 3. The van der Waals surface area contributed by atoms with Crippen LogP contribution in [0.4, 0.5) is 16.2 Å². The highest BCUT2D eigenvalue weighted by Crippen LogP contribution is 2.31. The average Bonchev–Trinajstić information content (AvgIpc) is 2.77. The number of thiocarbonyl (C=S) groups is 1. The molecule has 3 rings (SSSR count). The molecule has 2 aromatic rings. The molecule has 1 heterocycles. The molecule has 1 aliphatic rings. The first-order valence-electron chi connectivity index (χ1n) is 9.94. The van der Waals surface area contributed by atoms with E-state index in [1.807, 2.05) is 43.3 Å². The summed E-state index contributed by atoms with van der Waals surface area (Å²) >= 11 is 5.38. The molecule has 7 nitrogen and oxygen atoms in total. The van der Waals surface area contributed by atoms with E-state index in [9.17, 15) is 9.59 Å². The van der Waals surface area contributed by atoms with E-state index in [0.29, 0.717) is 16.4 Å². The summed E-state index contributed by atoms with van der Waals surface area (Å²) in [5.74, 6) is -0.417. The van der Waals surface area contributed by atoms with Crippen molar-refractivity contribution in [2.45, 2.75) is 26.3 Å². The van der Waals surface area contributed by atoms with E-state index in [2.05, 4.69) is 22.9 Å². The summed E-state index contributed by atoms with van der Waals surface area (Å²) in [6.07, 6.45) is 0.947. The maximum Gasteiger partial charge on any atom is 0.337 e. The number of carbonyl (C=O) groups excluding carboxylic acids is 2. The van der Waals surface area contributed by atoms with Gasteiger partial charge in [-0.25, -0.2) is 9.59 Å². The van der Waals surface area contributed by atoms with E-state index >= 15 is 0 Å². The molecule has 8 heteroatoms. The highest BCUT2D eigenvalue weighted by Gasteiger charge is 2.33. The number of rotatable bonds is 5. The summed E-state index contributed by atoms with van der Waals surface area (Å²) in [5.41, 5.74) is 4.61. The third-order valence-electron chi connectivity index (χ3n) is 5.28. The molecule has 0 bridgehead atoms. The second-order valence-corrected chi connectivity index (χ2v) is 7.57. The predicted molar refractivity (Wildman–Crippen MR) is 126 cm³/mol. The number of nitrogens with zero attached hydrogens (tertiary/aromatic N) is 1. The molecule has 0 saturated carbocycles. The van der Waals surface area contributed by atoms with Crippen molar-refractivity contribution in [2.75, 3.05) is 24.8 Å². The number of hydrogen-bond acceptors (Lipinski definition) is 4. The summed E-state index contributed by atoms with van der Waals surface area (Å²) in [7, 11) is 3.15. The number of aryl methyl sites for hydroxylation is 1. The van der Waals surface area contributed by atoms with Crippen LogP contribution in [0.25, 0.3) is 0 Å². The smallest absolute Gasteiger partial charge is 0.337 e. The largest absolute Gasteiger partial charge is 0.466 e. The first-order valence-corrected chi connectivity index (χ1v) is 10.3. The molecule has 31 heavy (non-hydrogen) atoms. The van der Waals surface area contributed by atoms with Crippen molar-refractivity contribution in [3.8, 4) is 0 Å². The van der Waals surface area contributed by atoms with Crippen LogP contribution in [0.2, 0.25) is 0 Å². The average molecular weight is 439 g/mol. The number of esters is 1. The Morgan fingerprint density at radius 2 is 1.61 bits per heavy atom. The molecule has 162 valence electrons. The topological polar surface area (TPSA) is 82.7 Å². The number of urea groups is 1. The minimum atomic E-state index is -0.434. The zero-order valence-electron chi connectivity index (χ0n) is 18.0. The third kappa shape index (κ3) is 5.03. The molecule has 2 aromatic carbocycles. The lowest BCUT2D eigenvalue weighted by Crippen LogP contribution is -2.46. The molecule has 0 saturated heterocycles. The number of benzene rings is 2. The van der Waals surface area contributed by atoms with Gasteiger partial charge in [0.05, 0.1) is 18.7 Å². The first-order chi connectivity index (χ1) is 14.8. The van der Waals surface area contributed by atoms with Gasteiger partial charge in [-0.1, -0.05) is 31.2 Å². The number of allylic oxidation sites excluding steroid dienone is 1. The van der Waals surface area contributed by atoms with Crippen LogP contribution in [0.3, 0.4) is 0 Å². The van der Waals surface area contributed by atoms with E-state index in [-0.39, 0.29) is 6.03 Å². The van der Waals surface area contributed by atoms with Crippen molar-refractivity contribution in [1.29, 1.82) is 0 Å². The molecule has 0 aromatic heterocycles. The number of anilines is 2. The Kier molecular flexibility index (Phi) is 6.91. The van der Waals surface area contributed by atoms with Gasteiger partial charge < -0.3 is 25.6 Å². The van der Waals surface area contributed by atoms with Gasteiger partial charge in [-0.15, -0.1) is 0 Å². The zero-order valence-corrected chi connectivity index (χ0v) is 18.8. The summed E-state index contributed by atoms with van der Waals surface area (Å²) < 4.78 is 4.97. The van der Waals surface area contributed by atoms with Crippen LogP contribution in [0, 0.1) is 0 Å². The molecule has 0 fully saturated rings. The van der Waals surface area contributed by atoms with Gasteiger partial charge in [0.1, 0.15) is 0 Å². The Bertz CT molecular complexity index is 1020. The lowest BCUT2D eigenvalue weighted by molar-refractivity contribution is -0.136. The summed E-state index contributed by atoms with van der Waals surface area (Å²) in [6.45, 7) is 3.92. The molecule has 0 aliphatic carbocycles. The molecule has 3 N–H and O–H groups in total. The van der Waals surface area contributed by atoms with Crippen LogP contribution in [0.15, 0.2) is 59.8 Å². The van der Waals surface area contributed by atoms with Crippen molar-refractivity contribution in [2.24, 2.45) is 0 Å². The Morgan fingerprint density at radius 3 is 2.13 bits per heavy atom. The van der Waals surface area contributed by atoms with E-state index in [1.54, 1.807) is 24.1 Å². The number of amides is 2. The molecular formula is C23H26N4O3S. The highest BCUT2D eigenvalue weighted by atomic mass is 32.1. The quantitative estimate of drug-likeness (QED) is 0.479. The van der Waals surface area contributed by atoms with E-state index in [1.165, 1.54) is 12.7 Å². The van der Waals surface area contributed by atoms with E-state index < -0.39 is 12.0 Å². The summed E-state index contributed by atoms with van der Waals surface area (Å²) in [5, 5.41) is 9.32. The van der Waals surface area contributed by atoms with Crippen molar-refractivity contribution in [1.82, 2.24) is 10.2 Å². The van der Waals surface area contributed by atoms with Crippen molar-refractivity contribution in [3.05, 3.63) is 70.9 Å². The van der Waals surface area contributed by atoms with Crippen molar-refractivity contribution >= 4 is 40.7 Å². The van der Waals surface area contributed by atoms with Gasteiger partial charge in [-0.2, -0.15) is 0 Å². The van der Waals surface area contributed by atoms with Crippen LogP contribution in [0.5, 0.6) is 0 Å². The van der Waals surface area contributed by atoms with Crippen molar-refractivity contribution in [3.63, 3.8) is 0 Å². The van der Waals surface area contributed by atoms with Crippen LogP contribution < -0.4 is 16.0 Å². The third-order valence-corrected chi connectivity index (χ3v) is 5.67. The highest BCUT2D eigenvalue weighted by molar-refractivity contribution is 7.80. The summed E-state index contributed by atoms with van der Waals surface area (Å²) in [4.78, 5) is 26.4. The molecule has 0 spiro atoms. The molecule has 0 unspecified atom stereocenters. The van der Waals surface area contributed by atoms with Crippen LogP contribution in [0.1, 0.15) is 31.0 Å². The molecule has 2 amide bonds. The maximum absolute atomic E-state index is 12.4. The lowest BCUT2D eigenvalue weighted by Gasteiger charge is -2.35. The molecular weight excluding hydrogens is 412 g/mol. The monoisotopic (exact) mass is 438 g/mol. The Hall–Kier alpha value is -3.39. The second-order valence-electron chi connectivity index (χ2n) is 7.18. The van der Waals surface area contributed by atoms with Crippen LogP contribution in [-0.4, -0.2) is 36.2 Å². The van der Waals surface area contributed by atoms with Gasteiger partial charge >= 0.3 is 12.0 Å². The SMILES string of the molecule is CCc1ccc(NC(=O)Nc2ccc([C@@H]3NC(=S)N(C)C(C)=C3C(=O)OC)cc2)cc1. The number of hydrogen-bond donors (Lipinski definition) is 3. The fourth-order valence-corrected chi connectivity index (χ4v) is 3.59. The summed E-state index contributed by atoms with van der Waals surface area (Å²) in [6, 6.07) is 14.2. The second kappa shape index (κ2) is 9.61. The van der Waals surface area contributed by atoms with Crippen LogP contribution >= 0.6 is 12.2 Å². The first kappa shape index (κ1) is 22.3. The Morgan fingerprint density at radius 1 is 1.06 bits per heavy atom. The normalized spacial score (nSPS) is 15.9. The zero-order chi connectivity index (χ0) is 22.5. The molecule has 1 atom stereocenters. The molecule has 1 aliphatic heterocycles. The van der Waals surface area contributed by atoms with E-state index in [0.717, 1.165) is 23.4 Å². The minimum absolute atomic E-state index is 0.332. The lowest BCUT2D eigenvalue weighted by atomic mass is 9.95.